The first kappa shape index (κ1) is 22.7. The Morgan fingerprint density at radius 3 is 2.59 bits per heavy atom. The zero-order valence-corrected chi connectivity index (χ0v) is 20.2. The molecule has 2 aromatic heterocycles. The maximum Gasteiger partial charge on any atom is 0.296 e. The summed E-state index contributed by atoms with van der Waals surface area (Å²) < 4.78 is 32.5. The Bertz CT molecular complexity index is 1390. The molecule has 2 heterocycles. The number of fused-ring (bicyclic) bond motifs is 1. The van der Waals surface area contributed by atoms with Crippen LogP contribution in [0.15, 0.2) is 58.0 Å². The van der Waals surface area contributed by atoms with Crippen molar-refractivity contribution in [2.75, 3.05) is 12.3 Å². The molecule has 0 saturated carbocycles. The maximum absolute atomic E-state index is 12.4. The summed E-state index contributed by atoms with van der Waals surface area (Å²) in [5, 5.41) is 5.02. The highest BCUT2D eigenvalue weighted by Crippen LogP contribution is 2.22. The molecule has 0 bridgehead atoms. The van der Waals surface area contributed by atoms with Crippen LogP contribution in [0.2, 0.25) is 5.28 Å². The van der Waals surface area contributed by atoms with Crippen LogP contribution in [0, 0.1) is 6.92 Å². The molecule has 0 saturated heterocycles. The average molecular weight is 537 g/mol. The fraction of sp³-hybridized carbons (Fsp3) is 0.190. The van der Waals surface area contributed by atoms with Gasteiger partial charge in [0.25, 0.3) is 10.1 Å². The zero-order valence-electron chi connectivity index (χ0n) is 17.0. The van der Waals surface area contributed by atoms with Crippen LogP contribution in [-0.4, -0.2) is 34.8 Å². The van der Waals surface area contributed by atoms with E-state index >= 15 is 0 Å². The van der Waals surface area contributed by atoms with Gasteiger partial charge in [-0.25, -0.2) is 9.67 Å². The van der Waals surface area contributed by atoms with Crippen molar-refractivity contribution >= 4 is 54.5 Å². The Balaban J connectivity index is 1.48. The quantitative estimate of drug-likeness (QED) is 0.279. The van der Waals surface area contributed by atoms with Crippen LogP contribution >= 0.6 is 27.5 Å². The first-order valence-corrected chi connectivity index (χ1v) is 12.2. The monoisotopic (exact) mass is 535 g/mol. The zero-order chi connectivity index (χ0) is 22.9. The van der Waals surface area contributed by atoms with E-state index in [1.807, 2.05) is 25.1 Å². The standard InChI is InChI=1S/C21H19BrClN5O3S/c1-13-2-4-17(5-3-13)32(29,30)31-7-6-14-8-15(10-16(22)9-14)12-28-20-18(11-25-28)19(24)26-21(23)27-20/h2-5,8-11H,6-7,12H2,1H3,(H2,24,26,27). The molecule has 4 aromatic rings. The number of rotatable bonds is 7. The normalized spacial score (nSPS) is 11.8. The molecule has 0 aliphatic rings. The van der Waals surface area contributed by atoms with E-state index < -0.39 is 10.1 Å². The lowest BCUT2D eigenvalue weighted by molar-refractivity contribution is 0.322. The second kappa shape index (κ2) is 9.14. The Hall–Kier alpha value is -2.53. The van der Waals surface area contributed by atoms with Gasteiger partial charge in [-0.2, -0.15) is 18.5 Å². The molecule has 0 fully saturated rings. The minimum Gasteiger partial charge on any atom is -0.383 e. The predicted molar refractivity (Wildman–Crippen MR) is 126 cm³/mol. The fourth-order valence-corrected chi connectivity index (χ4v) is 4.90. The van der Waals surface area contributed by atoms with Crippen LogP contribution in [-0.2, 0) is 27.3 Å². The highest BCUT2D eigenvalue weighted by Gasteiger charge is 2.15. The highest BCUT2D eigenvalue weighted by molar-refractivity contribution is 9.10. The lowest BCUT2D eigenvalue weighted by atomic mass is 10.1. The molecule has 0 aliphatic carbocycles. The third kappa shape index (κ3) is 5.09. The number of nitrogen functional groups attached to an aromatic ring is 1. The summed E-state index contributed by atoms with van der Waals surface area (Å²) in [5.74, 6) is 0.271. The highest BCUT2D eigenvalue weighted by atomic mass is 79.9. The number of nitrogens with two attached hydrogens (primary N) is 1. The number of hydrogen-bond acceptors (Lipinski definition) is 7. The second-order valence-electron chi connectivity index (χ2n) is 7.22. The van der Waals surface area contributed by atoms with Crippen molar-refractivity contribution in [2.24, 2.45) is 0 Å². The molecule has 8 nitrogen and oxygen atoms in total. The summed E-state index contributed by atoms with van der Waals surface area (Å²) in [5.41, 5.74) is 9.26. The molecule has 2 N–H and O–H groups in total. The van der Waals surface area contributed by atoms with Crippen LogP contribution in [0.4, 0.5) is 5.82 Å². The molecular weight excluding hydrogens is 518 g/mol. The number of hydrogen-bond donors (Lipinski definition) is 1. The van der Waals surface area contributed by atoms with Gasteiger partial charge in [0.15, 0.2) is 5.65 Å². The summed E-state index contributed by atoms with van der Waals surface area (Å²) in [6.45, 7) is 2.34. The smallest absolute Gasteiger partial charge is 0.296 e. The number of aryl methyl sites for hydroxylation is 1. The van der Waals surface area contributed by atoms with E-state index in [4.69, 9.17) is 21.5 Å². The SMILES string of the molecule is Cc1ccc(S(=O)(=O)OCCc2cc(Br)cc(Cn3ncc4c(N)nc(Cl)nc43)c2)cc1. The van der Waals surface area contributed by atoms with Crippen LogP contribution < -0.4 is 5.73 Å². The van der Waals surface area contributed by atoms with Gasteiger partial charge >= 0.3 is 0 Å². The van der Waals surface area contributed by atoms with Gasteiger partial charge in [-0.05, 0) is 60.3 Å². The first-order valence-electron chi connectivity index (χ1n) is 9.60. The Morgan fingerprint density at radius 2 is 1.84 bits per heavy atom. The molecule has 166 valence electrons. The molecule has 0 radical (unpaired) electrons. The summed E-state index contributed by atoms with van der Waals surface area (Å²) in [7, 11) is -3.81. The predicted octanol–water partition coefficient (Wildman–Crippen LogP) is 4.13. The maximum atomic E-state index is 12.4. The van der Waals surface area contributed by atoms with Crippen molar-refractivity contribution in [3.8, 4) is 0 Å². The van der Waals surface area contributed by atoms with E-state index in [-0.39, 0.29) is 22.6 Å². The number of halogens is 2. The van der Waals surface area contributed by atoms with Gasteiger partial charge in [-0.3, -0.25) is 4.18 Å². The Labute approximate surface area is 198 Å². The van der Waals surface area contributed by atoms with Crippen molar-refractivity contribution in [1.82, 2.24) is 19.7 Å². The van der Waals surface area contributed by atoms with Crippen molar-refractivity contribution in [1.29, 1.82) is 0 Å². The van der Waals surface area contributed by atoms with Crippen molar-refractivity contribution in [3.05, 3.63) is 75.1 Å². The van der Waals surface area contributed by atoms with Crippen LogP contribution in [0.5, 0.6) is 0 Å². The number of aromatic nitrogens is 4. The largest absolute Gasteiger partial charge is 0.383 e. The van der Waals surface area contributed by atoms with E-state index in [0.717, 1.165) is 21.2 Å². The van der Waals surface area contributed by atoms with E-state index in [0.29, 0.717) is 24.0 Å². The number of anilines is 1. The molecule has 2 aromatic carbocycles. The third-order valence-electron chi connectivity index (χ3n) is 4.79. The Morgan fingerprint density at radius 1 is 1.12 bits per heavy atom. The molecule has 11 heteroatoms. The topological polar surface area (TPSA) is 113 Å². The first-order chi connectivity index (χ1) is 15.2. The van der Waals surface area contributed by atoms with Gasteiger partial charge in [0.05, 0.1) is 29.6 Å². The Kier molecular flexibility index (Phi) is 6.47. The van der Waals surface area contributed by atoms with Crippen LogP contribution in [0.1, 0.15) is 16.7 Å². The third-order valence-corrected chi connectivity index (χ3v) is 6.74. The van der Waals surface area contributed by atoms with Crippen LogP contribution in [0.3, 0.4) is 0 Å². The minimum absolute atomic E-state index is 0.0240. The molecule has 0 unspecified atom stereocenters. The molecular formula is C21H19BrClN5O3S. The van der Waals surface area contributed by atoms with Gasteiger partial charge in [-0.15, -0.1) is 0 Å². The number of nitrogens with zero attached hydrogens (tertiary/aromatic N) is 4. The van der Waals surface area contributed by atoms with Gasteiger partial charge in [0.2, 0.25) is 5.28 Å². The van der Waals surface area contributed by atoms with Crippen molar-refractivity contribution < 1.29 is 12.6 Å². The average Bonchev–Trinajstić information content (AvgIpc) is 3.10. The molecule has 0 spiro atoms. The summed E-state index contributed by atoms with van der Waals surface area (Å²) in [6, 6.07) is 12.4. The number of benzene rings is 2. The summed E-state index contributed by atoms with van der Waals surface area (Å²) >= 11 is 9.45. The van der Waals surface area contributed by atoms with Gasteiger partial charge < -0.3 is 5.73 Å². The van der Waals surface area contributed by atoms with E-state index in [1.165, 1.54) is 0 Å². The lowest BCUT2D eigenvalue weighted by Crippen LogP contribution is -2.09. The molecule has 0 amide bonds. The summed E-state index contributed by atoms with van der Waals surface area (Å²) in [4.78, 5) is 8.31. The van der Waals surface area contributed by atoms with Gasteiger partial charge in [0, 0.05) is 4.47 Å². The minimum atomic E-state index is -3.81. The molecule has 0 atom stereocenters. The molecule has 0 aliphatic heterocycles. The fourth-order valence-electron chi connectivity index (χ4n) is 3.23. The van der Waals surface area contributed by atoms with Crippen molar-refractivity contribution in [2.45, 2.75) is 24.8 Å². The molecule has 32 heavy (non-hydrogen) atoms. The molecule has 4 rings (SSSR count). The lowest BCUT2D eigenvalue weighted by Gasteiger charge is -2.09. The van der Waals surface area contributed by atoms with E-state index in [9.17, 15) is 8.42 Å². The second-order valence-corrected chi connectivity index (χ2v) is 10.1. The van der Waals surface area contributed by atoms with Crippen molar-refractivity contribution in [3.63, 3.8) is 0 Å². The van der Waals surface area contributed by atoms with Crippen LogP contribution in [0.25, 0.3) is 11.0 Å². The summed E-state index contributed by atoms with van der Waals surface area (Å²) in [6.07, 6.45) is 2.02. The van der Waals surface area contributed by atoms with Gasteiger partial charge in [0.1, 0.15) is 5.82 Å². The van der Waals surface area contributed by atoms with E-state index in [2.05, 4.69) is 31.0 Å². The van der Waals surface area contributed by atoms with E-state index in [1.54, 1.807) is 35.1 Å². The van der Waals surface area contributed by atoms with Gasteiger partial charge in [-0.1, -0.05) is 39.7 Å².